The molecule has 0 radical (unpaired) electrons. The minimum Gasteiger partial charge on any atom is -0.494 e. The molecular formula is C17H15FN2O4S2. The lowest BCUT2D eigenvalue weighted by molar-refractivity contribution is -0.115. The maximum absolute atomic E-state index is 13.0. The van der Waals surface area contributed by atoms with Crippen molar-refractivity contribution in [2.24, 2.45) is 4.40 Å². The van der Waals surface area contributed by atoms with E-state index in [1.165, 1.54) is 4.90 Å². The van der Waals surface area contributed by atoms with Gasteiger partial charge in [0.25, 0.3) is 10.0 Å². The van der Waals surface area contributed by atoms with Crippen LogP contribution in [0, 0.1) is 5.82 Å². The monoisotopic (exact) mass is 394 g/mol. The Bertz CT molecular complexity index is 942. The lowest BCUT2D eigenvalue weighted by Crippen LogP contribution is -2.29. The number of anilines is 1. The molecule has 1 heterocycles. The molecule has 0 saturated carbocycles. The molecule has 0 N–H and O–H groups in total. The Hall–Kier alpha value is -2.39. The molecule has 2 aromatic rings. The average Bonchev–Trinajstić information content (AvgIpc) is 2.96. The molecule has 0 bridgehead atoms. The predicted molar refractivity (Wildman–Crippen MR) is 98.6 cm³/mol. The summed E-state index contributed by atoms with van der Waals surface area (Å²) in [6, 6.07) is 11.1. The van der Waals surface area contributed by atoms with Crippen LogP contribution in [0.2, 0.25) is 0 Å². The van der Waals surface area contributed by atoms with Crippen molar-refractivity contribution in [3.05, 3.63) is 54.3 Å². The first-order valence-corrected chi connectivity index (χ1v) is 10.1. The number of amides is 1. The van der Waals surface area contributed by atoms with Crippen LogP contribution in [0.1, 0.15) is 6.92 Å². The fourth-order valence-electron chi connectivity index (χ4n) is 2.30. The Morgan fingerprint density at radius 2 is 1.81 bits per heavy atom. The van der Waals surface area contributed by atoms with Crippen molar-refractivity contribution in [1.82, 2.24) is 0 Å². The Balaban J connectivity index is 1.94. The number of carbonyl (C=O) groups excluding carboxylic acids is 1. The van der Waals surface area contributed by atoms with Gasteiger partial charge < -0.3 is 4.74 Å². The second kappa shape index (κ2) is 7.46. The van der Waals surface area contributed by atoms with Crippen LogP contribution in [0.15, 0.2) is 57.8 Å². The molecule has 0 spiro atoms. The van der Waals surface area contributed by atoms with Crippen LogP contribution >= 0.6 is 11.8 Å². The zero-order valence-corrected chi connectivity index (χ0v) is 15.4. The van der Waals surface area contributed by atoms with Gasteiger partial charge in [0.05, 0.1) is 22.9 Å². The summed E-state index contributed by atoms with van der Waals surface area (Å²) < 4.78 is 47.0. The van der Waals surface area contributed by atoms with Gasteiger partial charge in [-0.1, -0.05) is 11.8 Å². The van der Waals surface area contributed by atoms with Crippen molar-refractivity contribution < 1.29 is 22.3 Å². The summed E-state index contributed by atoms with van der Waals surface area (Å²) in [4.78, 5) is 13.3. The highest BCUT2D eigenvalue weighted by molar-refractivity contribution is 8.16. The summed E-state index contributed by atoms with van der Waals surface area (Å²) in [7, 11) is -4.06. The molecular weight excluding hydrogens is 379 g/mol. The zero-order valence-electron chi connectivity index (χ0n) is 13.8. The van der Waals surface area contributed by atoms with Gasteiger partial charge in [-0.05, 0) is 55.5 Å². The zero-order chi connectivity index (χ0) is 18.7. The normalized spacial score (nSPS) is 16.3. The lowest BCUT2D eigenvalue weighted by atomic mass is 10.3. The number of hydrogen-bond acceptors (Lipinski definition) is 5. The van der Waals surface area contributed by atoms with E-state index < -0.39 is 15.8 Å². The summed E-state index contributed by atoms with van der Waals surface area (Å²) in [6.07, 6.45) is 0. The number of nitrogens with zero attached hydrogens (tertiary/aromatic N) is 2. The van der Waals surface area contributed by atoms with Gasteiger partial charge in [-0.3, -0.25) is 9.69 Å². The van der Waals surface area contributed by atoms with Crippen LogP contribution in [0.4, 0.5) is 10.1 Å². The molecule has 2 aromatic carbocycles. The molecule has 0 atom stereocenters. The molecule has 9 heteroatoms. The third-order valence-corrected chi connectivity index (χ3v) is 5.80. The second-order valence-corrected chi connectivity index (χ2v) is 7.79. The van der Waals surface area contributed by atoms with E-state index in [9.17, 15) is 17.6 Å². The second-order valence-electron chi connectivity index (χ2n) is 5.25. The third kappa shape index (κ3) is 3.88. The van der Waals surface area contributed by atoms with Crippen LogP contribution in [0.3, 0.4) is 0 Å². The number of ether oxygens (including phenoxy) is 1. The Morgan fingerprint density at radius 1 is 1.15 bits per heavy atom. The molecule has 6 nitrogen and oxygen atoms in total. The van der Waals surface area contributed by atoms with E-state index in [-0.39, 0.29) is 21.7 Å². The van der Waals surface area contributed by atoms with Crippen molar-refractivity contribution in [3.63, 3.8) is 0 Å². The summed E-state index contributed by atoms with van der Waals surface area (Å²) in [5.41, 5.74) is 0.497. The van der Waals surface area contributed by atoms with Crippen molar-refractivity contribution in [1.29, 1.82) is 0 Å². The molecule has 1 aliphatic heterocycles. The highest BCUT2D eigenvalue weighted by Gasteiger charge is 2.31. The number of halogens is 1. The summed E-state index contributed by atoms with van der Waals surface area (Å²) in [5.74, 6) is -0.0800. The number of carbonyl (C=O) groups is 1. The molecule has 3 rings (SSSR count). The molecule has 1 aliphatic rings. The first-order valence-electron chi connectivity index (χ1n) is 7.70. The Kier molecular flexibility index (Phi) is 5.28. The summed E-state index contributed by atoms with van der Waals surface area (Å²) in [6.45, 7) is 2.38. The smallest absolute Gasteiger partial charge is 0.284 e. The van der Waals surface area contributed by atoms with Crippen molar-refractivity contribution in [3.8, 4) is 5.75 Å². The number of benzene rings is 2. The van der Waals surface area contributed by atoms with Gasteiger partial charge in [0, 0.05) is 0 Å². The first-order chi connectivity index (χ1) is 12.4. The van der Waals surface area contributed by atoms with E-state index in [4.69, 9.17) is 4.74 Å². The number of amidine groups is 1. The molecule has 0 aromatic heterocycles. The molecule has 0 unspecified atom stereocenters. The number of thioether (sulfide) groups is 1. The molecule has 0 aliphatic carbocycles. The number of hydrogen-bond donors (Lipinski definition) is 0. The van der Waals surface area contributed by atoms with Crippen LogP contribution in [-0.4, -0.2) is 31.9 Å². The van der Waals surface area contributed by atoms with Gasteiger partial charge in [0.1, 0.15) is 11.6 Å². The highest BCUT2D eigenvalue weighted by Crippen LogP contribution is 2.29. The van der Waals surface area contributed by atoms with Gasteiger partial charge in [0.2, 0.25) is 5.91 Å². The molecule has 136 valence electrons. The minimum absolute atomic E-state index is 0.0588. The maximum atomic E-state index is 13.0. The van der Waals surface area contributed by atoms with Crippen LogP contribution in [0.25, 0.3) is 0 Å². The van der Waals surface area contributed by atoms with Gasteiger partial charge in [-0.15, -0.1) is 4.40 Å². The predicted octanol–water partition coefficient (Wildman–Crippen LogP) is 3.05. The fourth-order valence-corrected chi connectivity index (χ4v) is 4.40. The summed E-state index contributed by atoms with van der Waals surface area (Å²) >= 11 is 1.03. The highest BCUT2D eigenvalue weighted by atomic mass is 32.2. The van der Waals surface area contributed by atoms with Crippen molar-refractivity contribution in [2.75, 3.05) is 17.3 Å². The van der Waals surface area contributed by atoms with E-state index in [0.717, 1.165) is 36.0 Å². The first kappa shape index (κ1) is 18.4. The molecule has 26 heavy (non-hydrogen) atoms. The largest absolute Gasteiger partial charge is 0.494 e. The third-order valence-electron chi connectivity index (χ3n) is 3.48. The van der Waals surface area contributed by atoms with E-state index in [2.05, 4.69) is 4.40 Å². The topological polar surface area (TPSA) is 76.0 Å². The molecule has 1 fully saturated rings. The van der Waals surface area contributed by atoms with Crippen LogP contribution in [0.5, 0.6) is 5.75 Å². The van der Waals surface area contributed by atoms with Gasteiger partial charge in [-0.2, -0.15) is 8.42 Å². The van der Waals surface area contributed by atoms with Gasteiger partial charge in [-0.25, -0.2) is 4.39 Å². The van der Waals surface area contributed by atoms with E-state index in [1.807, 2.05) is 6.92 Å². The Morgan fingerprint density at radius 3 is 2.42 bits per heavy atom. The average molecular weight is 394 g/mol. The van der Waals surface area contributed by atoms with Crippen LogP contribution in [-0.2, 0) is 14.8 Å². The van der Waals surface area contributed by atoms with Crippen molar-refractivity contribution in [2.45, 2.75) is 11.8 Å². The fraction of sp³-hybridized carbons (Fsp3) is 0.176. The van der Waals surface area contributed by atoms with Gasteiger partial charge in [0.15, 0.2) is 5.17 Å². The SMILES string of the molecule is CCOc1ccc(N2C(=O)CSC2=NS(=O)(=O)c2ccc(F)cc2)cc1. The molecule has 1 saturated heterocycles. The number of rotatable bonds is 5. The van der Waals surface area contributed by atoms with Crippen LogP contribution < -0.4 is 9.64 Å². The Labute approximate surface area is 154 Å². The lowest BCUT2D eigenvalue weighted by Gasteiger charge is -2.16. The number of sulfonamides is 1. The molecule has 1 amide bonds. The minimum atomic E-state index is -4.06. The van der Waals surface area contributed by atoms with E-state index >= 15 is 0 Å². The quantitative estimate of drug-likeness (QED) is 0.779. The van der Waals surface area contributed by atoms with Crippen molar-refractivity contribution >= 4 is 38.5 Å². The standard InChI is InChI=1S/C17H15FN2O4S2/c1-2-24-14-7-5-13(6-8-14)20-16(21)11-25-17(20)19-26(22,23)15-9-3-12(18)4-10-15/h3-10H,2,11H2,1H3. The van der Waals surface area contributed by atoms with E-state index in [1.54, 1.807) is 24.3 Å². The van der Waals surface area contributed by atoms with E-state index in [0.29, 0.717) is 18.0 Å². The summed E-state index contributed by atoms with van der Waals surface area (Å²) in [5, 5.41) is 0.0588. The maximum Gasteiger partial charge on any atom is 0.284 e. The van der Waals surface area contributed by atoms with Gasteiger partial charge >= 0.3 is 0 Å².